The van der Waals surface area contributed by atoms with Crippen molar-refractivity contribution >= 4 is 15.8 Å². The molecule has 0 saturated heterocycles. The molecule has 10 nitrogen and oxygen atoms in total. The first-order valence-corrected chi connectivity index (χ1v) is 6.19. The number of allylic oxidation sites excluding steroid dienone is 1. The van der Waals surface area contributed by atoms with E-state index in [1.165, 1.54) is 0 Å². The number of aryl methyl sites for hydroxylation is 1. The van der Waals surface area contributed by atoms with Gasteiger partial charge in [0.15, 0.2) is 0 Å². The van der Waals surface area contributed by atoms with Crippen molar-refractivity contribution in [2.24, 2.45) is 0 Å². The van der Waals surface area contributed by atoms with E-state index in [0.717, 1.165) is 4.68 Å². The molecule has 0 fully saturated rings. The Labute approximate surface area is 108 Å². The number of aromatic nitrogens is 4. The van der Waals surface area contributed by atoms with Crippen molar-refractivity contribution in [2.45, 2.75) is 18.5 Å². The average Bonchev–Trinajstić information content (AvgIpc) is 2.73. The van der Waals surface area contributed by atoms with Crippen LogP contribution in [0, 0.1) is 10.1 Å². The van der Waals surface area contributed by atoms with Gasteiger partial charge in [0, 0.05) is 6.42 Å². The number of halogens is 3. The van der Waals surface area contributed by atoms with Gasteiger partial charge in [0.2, 0.25) is 5.76 Å². The third-order valence-electron chi connectivity index (χ3n) is 2.23. The Bertz CT molecular complexity index is 692. The summed E-state index contributed by atoms with van der Waals surface area (Å²) in [5, 5.41) is 20.6. The summed E-state index contributed by atoms with van der Waals surface area (Å²) >= 11 is 0. The maximum Gasteiger partial charge on any atom is 0.534 e. The maximum atomic E-state index is 12.2. The normalized spacial score (nSPS) is 15.9. The molecular weight excluding hydrogens is 311 g/mol. The number of nitro groups is 1. The van der Waals surface area contributed by atoms with Crippen LogP contribution in [-0.4, -0.2) is 39.1 Å². The minimum atomic E-state index is -5.99. The fraction of sp³-hybridized carbons (Fsp3) is 0.500. The molecule has 14 heteroatoms. The minimum absolute atomic E-state index is 0.150. The van der Waals surface area contributed by atoms with Crippen LogP contribution in [0.2, 0.25) is 0 Å². The Morgan fingerprint density at radius 2 is 2.05 bits per heavy atom. The standard InChI is InChI=1S/C6H4F3N5O5S/c7-6(8,9)20(17,18)19-3-1-2-13-5(10-11-12-13)4(3)14(15)16/h1-2H2. The van der Waals surface area contributed by atoms with Crippen molar-refractivity contribution in [3.63, 3.8) is 0 Å². The van der Waals surface area contributed by atoms with Crippen LogP contribution < -0.4 is 0 Å². The molecule has 2 heterocycles. The van der Waals surface area contributed by atoms with Crippen LogP contribution >= 0.6 is 0 Å². The average molecular weight is 315 g/mol. The van der Waals surface area contributed by atoms with Gasteiger partial charge >= 0.3 is 21.3 Å². The summed E-state index contributed by atoms with van der Waals surface area (Å²) in [6.07, 6.45) is -0.469. The highest BCUT2D eigenvalue weighted by Crippen LogP contribution is 2.32. The molecule has 0 unspecified atom stereocenters. The van der Waals surface area contributed by atoms with Crippen LogP contribution in [-0.2, 0) is 20.8 Å². The number of nitrogens with zero attached hydrogens (tertiary/aromatic N) is 5. The second kappa shape index (κ2) is 4.39. The van der Waals surface area contributed by atoms with Gasteiger partial charge in [0.1, 0.15) is 0 Å². The maximum absolute atomic E-state index is 12.2. The number of hydrogen-bond donors (Lipinski definition) is 0. The lowest BCUT2D eigenvalue weighted by Gasteiger charge is -2.15. The second-order valence-corrected chi connectivity index (χ2v) is 5.03. The number of alkyl halides is 3. The molecule has 1 aliphatic rings. The molecule has 110 valence electrons. The monoisotopic (exact) mass is 315 g/mol. The summed E-state index contributed by atoms with van der Waals surface area (Å²) in [5.74, 6) is -1.44. The Balaban J connectivity index is 2.50. The smallest absolute Gasteiger partial charge is 0.373 e. The first-order valence-electron chi connectivity index (χ1n) is 4.78. The molecule has 1 aromatic heterocycles. The van der Waals surface area contributed by atoms with Crippen molar-refractivity contribution in [1.82, 2.24) is 20.2 Å². The highest BCUT2D eigenvalue weighted by molar-refractivity contribution is 7.87. The second-order valence-electron chi connectivity index (χ2n) is 3.49. The number of tetrazole rings is 1. The first-order chi connectivity index (χ1) is 9.13. The van der Waals surface area contributed by atoms with Gasteiger partial charge in [-0.1, -0.05) is 0 Å². The Hall–Kier alpha value is -2.25. The lowest BCUT2D eigenvalue weighted by Crippen LogP contribution is -2.28. The summed E-state index contributed by atoms with van der Waals surface area (Å²) in [6.45, 7) is -0.150. The predicted molar refractivity (Wildman–Crippen MR) is 52.4 cm³/mol. The molecule has 0 atom stereocenters. The third-order valence-corrected chi connectivity index (χ3v) is 3.22. The van der Waals surface area contributed by atoms with E-state index in [1.807, 2.05) is 0 Å². The molecule has 20 heavy (non-hydrogen) atoms. The van der Waals surface area contributed by atoms with Gasteiger partial charge in [-0.2, -0.15) is 21.6 Å². The van der Waals surface area contributed by atoms with Gasteiger partial charge in [-0.3, -0.25) is 10.1 Å². The summed E-state index contributed by atoms with van der Waals surface area (Å²) in [4.78, 5) is 9.74. The third kappa shape index (κ3) is 2.28. The lowest BCUT2D eigenvalue weighted by molar-refractivity contribution is -0.379. The molecule has 0 amide bonds. The Morgan fingerprint density at radius 3 is 2.60 bits per heavy atom. The van der Waals surface area contributed by atoms with E-state index in [9.17, 15) is 31.7 Å². The van der Waals surface area contributed by atoms with E-state index >= 15 is 0 Å². The van der Waals surface area contributed by atoms with E-state index in [0.29, 0.717) is 0 Å². The van der Waals surface area contributed by atoms with Crippen LogP contribution in [0.1, 0.15) is 12.2 Å². The largest absolute Gasteiger partial charge is 0.534 e. The zero-order chi connectivity index (χ0) is 15.1. The Morgan fingerprint density at radius 1 is 1.40 bits per heavy atom. The molecule has 0 aromatic carbocycles. The minimum Gasteiger partial charge on any atom is -0.373 e. The van der Waals surface area contributed by atoms with Crippen molar-refractivity contribution in [3.05, 3.63) is 21.7 Å². The molecule has 0 aliphatic carbocycles. The zero-order valence-electron chi connectivity index (χ0n) is 9.23. The summed E-state index contributed by atoms with van der Waals surface area (Å²) in [7, 11) is -5.99. The van der Waals surface area contributed by atoms with Gasteiger partial charge < -0.3 is 4.18 Å². The summed E-state index contributed by atoms with van der Waals surface area (Å²) in [5.41, 5.74) is -6.71. The first kappa shape index (κ1) is 14.2. The fourth-order valence-corrected chi connectivity index (χ4v) is 1.94. The van der Waals surface area contributed by atoms with Crippen LogP contribution in [0.25, 0.3) is 5.70 Å². The molecular formula is C6H4F3N5O5S. The molecule has 1 aliphatic heterocycles. The van der Waals surface area contributed by atoms with E-state index < -0.39 is 44.3 Å². The lowest BCUT2D eigenvalue weighted by atomic mass is 10.2. The molecule has 2 rings (SSSR count). The number of rotatable bonds is 3. The van der Waals surface area contributed by atoms with Crippen molar-refractivity contribution in [2.75, 3.05) is 0 Å². The molecule has 0 N–H and O–H groups in total. The highest BCUT2D eigenvalue weighted by atomic mass is 32.2. The van der Waals surface area contributed by atoms with E-state index in [2.05, 4.69) is 19.7 Å². The van der Waals surface area contributed by atoms with Gasteiger partial charge in [0.05, 0.1) is 11.5 Å². The molecule has 0 saturated carbocycles. The summed E-state index contributed by atoms with van der Waals surface area (Å²) < 4.78 is 63.1. The SMILES string of the molecule is O=[N+]([O-])C1=C(OS(=O)(=O)C(F)(F)F)CCn2nnnc21. The molecule has 0 spiro atoms. The molecule has 1 aromatic rings. The van der Waals surface area contributed by atoms with Gasteiger partial charge in [-0.05, 0) is 10.4 Å². The van der Waals surface area contributed by atoms with Crippen LogP contribution in [0.3, 0.4) is 0 Å². The molecule has 0 radical (unpaired) electrons. The van der Waals surface area contributed by atoms with Crippen LogP contribution in [0.5, 0.6) is 0 Å². The fourth-order valence-electron chi connectivity index (χ4n) is 1.42. The van der Waals surface area contributed by atoms with Crippen molar-refractivity contribution in [3.8, 4) is 0 Å². The van der Waals surface area contributed by atoms with E-state index in [1.54, 1.807) is 0 Å². The highest BCUT2D eigenvalue weighted by Gasteiger charge is 2.50. The van der Waals surface area contributed by atoms with E-state index in [4.69, 9.17) is 0 Å². The van der Waals surface area contributed by atoms with Crippen LogP contribution in [0.15, 0.2) is 5.76 Å². The van der Waals surface area contributed by atoms with Crippen molar-refractivity contribution < 1.29 is 30.7 Å². The number of hydrogen-bond acceptors (Lipinski definition) is 8. The topological polar surface area (TPSA) is 130 Å². The van der Waals surface area contributed by atoms with Crippen LogP contribution in [0.4, 0.5) is 13.2 Å². The quantitative estimate of drug-likeness (QED) is 0.327. The molecule has 0 bridgehead atoms. The van der Waals surface area contributed by atoms with Crippen molar-refractivity contribution in [1.29, 1.82) is 0 Å². The van der Waals surface area contributed by atoms with E-state index in [-0.39, 0.29) is 6.54 Å². The summed E-state index contributed by atoms with van der Waals surface area (Å²) in [6, 6.07) is 0. The zero-order valence-corrected chi connectivity index (χ0v) is 10.1. The predicted octanol–water partition coefficient (Wildman–Crippen LogP) is -0.112. The van der Waals surface area contributed by atoms with Gasteiger partial charge in [-0.25, -0.2) is 4.68 Å². The number of fused-ring (bicyclic) bond motifs is 1. The van der Waals surface area contributed by atoms with Gasteiger partial charge in [-0.15, -0.1) is 5.10 Å². The van der Waals surface area contributed by atoms with Gasteiger partial charge in [0.25, 0.3) is 5.82 Å². The Kier molecular flexibility index (Phi) is 3.11.